The van der Waals surface area contributed by atoms with E-state index in [-0.39, 0.29) is 13.2 Å². The number of aliphatic hydroxyl groups excluding tert-OH is 1. The van der Waals surface area contributed by atoms with E-state index in [1.807, 2.05) is 85.3 Å². The number of ether oxygens (including phenoxy) is 2. The van der Waals surface area contributed by atoms with E-state index in [0.717, 1.165) is 22.3 Å². The van der Waals surface area contributed by atoms with Crippen LogP contribution in [0.5, 0.6) is 5.75 Å². The van der Waals surface area contributed by atoms with Crippen molar-refractivity contribution in [3.63, 3.8) is 0 Å². The monoisotopic (exact) mass is 546 g/mol. The number of carboxylic acid groups (broad SMARTS) is 1. The Morgan fingerprint density at radius 1 is 1.05 bits per heavy atom. The minimum absolute atomic E-state index is 0.0341. The van der Waals surface area contributed by atoms with E-state index in [4.69, 9.17) is 21.1 Å². The number of aliphatic hydroxyl groups is 1. The van der Waals surface area contributed by atoms with E-state index in [9.17, 15) is 15.0 Å². The predicted octanol–water partition coefficient (Wildman–Crippen LogP) is 6.00. The molecule has 0 fully saturated rings. The molecule has 4 rings (SSSR count). The van der Waals surface area contributed by atoms with E-state index >= 15 is 0 Å². The van der Waals surface area contributed by atoms with Crippen LogP contribution in [0, 0.1) is 13.8 Å². The maximum absolute atomic E-state index is 11.6. The number of allylic oxidation sites excluding steroid dienone is 1. The molecule has 202 valence electrons. The zero-order valence-corrected chi connectivity index (χ0v) is 22.6. The second kappa shape index (κ2) is 13.2. The molecule has 0 aliphatic carbocycles. The smallest absolute Gasteiger partial charge is 0.336 e. The molecule has 2 atom stereocenters. The molecule has 4 aromatic rings. The molecule has 0 aliphatic heterocycles. The van der Waals surface area contributed by atoms with Gasteiger partial charge in [0.1, 0.15) is 24.3 Å². The zero-order chi connectivity index (χ0) is 27.8. The number of hydrogen-bond acceptors (Lipinski definition) is 5. The maximum atomic E-state index is 11.6. The van der Waals surface area contributed by atoms with Crippen molar-refractivity contribution in [1.82, 2.24) is 9.55 Å². The van der Waals surface area contributed by atoms with E-state index in [0.29, 0.717) is 28.7 Å². The molecule has 2 unspecified atom stereocenters. The topological polar surface area (TPSA) is 93.8 Å². The van der Waals surface area contributed by atoms with Gasteiger partial charge < -0.3 is 24.3 Å². The first-order chi connectivity index (χ1) is 18.8. The first-order valence-electron chi connectivity index (χ1n) is 12.5. The zero-order valence-electron chi connectivity index (χ0n) is 21.8. The highest BCUT2D eigenvalue weighted by molar-refractivity contribution is 6.31. The fourth-order valence-corrected chi connectivity index (χ4v) is 4.14. The van der Waals surface area contributed by atoms with Crippen LogP contribution in [0.1, 0.15) is 39.7 Å². The number of aromatic nitrogens is 2. The van der Waals surface area contributed by atoms with Crippen LogP contribution in [0.15, 0.2) is 85.2 Å². The van der Waals surface area contributed by atoms with Gasteiger partial charge in [-0.25, -0.2) is 9.78 Å². The molecule has 0 saturated heterocycles. The normalized spacial score (nSPS) is 12.9. The fourth-order valence-electron chi connectivity index (χ4n) is 3.89. The van der Waals surface area contributed by atoms with Crippen molar-refractivity contribution >= 4 is 23.6 Å². The van der Waals surface area contributed by atoms with Crippen molar-refractivity contribution in [1.29, 1.82) is 0 Å². The van der Waals surface area contributed by atoms with E-state index in [1.165, 1.54) is 0 Å². The number of imidazole rings is 1. The van der Waals surface area contributed by atoms with Crippen LogP contribution in [0.3, 0.4) is 0 Å². The van der Waals surface area contributed by atoms with Crippen LogP contribution in [0.25, 0.3) is 6.08 Å². The highest BCUT2D eigenvalue weighted by Gasteiger charge is 2.20. The minimum Gasteiger partial charge on any atom is -0.490 e. The molecule has 3 aromatic carbocycles. The van der Waals surface area contributed by atoms with Crippen molar-refractivity contribution in [2.24, 2.45) is 0 Å². The number of hydrogen-bond donors (Lipinski definition) is 2. The van der Waals surface area contributed by atoms with Crippen LogP contribution in [-0.2, 0) is 22.7 Å². The van der Waals surface area contributed by atoms with Crippen molar-refractivity contribution < 1.29 is 24.5 Å². The Bertz CT molecular complexity index is 1410. The molecular weight excluding hydrogens is 516 g/mol. The van der Waals surface area contributed by atoms with Crippen LogP contribution >= 0.6 is 11.6 Å². The Morgan fingerprint density at radius 2 is 1.74 bits per heavy atom. The lowest BCUT2D eigenvalue weighted by molar-refractivity contribution is -0.153. The maximum Gasteiger partial charge on any atom is 0.336 e. The number of aliphatic carboxylic acids is 1. The summed E-state index contributed by atoms with van der Waals surface area (Å²) in [5.41, 5.74) is 4.55. The molecule has 2 N–H and O–H groups in total. The van der Waals surface area contributed by atoms with Gasteiger partial charge in [0, 0.05) is 24.0 Å². The number of benzene rings is 3. The van der Waals surface area contributed by atoms with Crippen LogP contribution in [0.4, 0.5) is 0 Å². The number of carboxylic acids is 1. The van der Waals surface area contributed by atoms with Gasteiger partial charge in [0.2, 0.25) is 0 Å². The summed E-state index contributed by atoms with van der Waals surface area (Å²) in [7, 11) is 0. The molecule has 0 amide bonds. The minimum atomic E-state index is -1.14. The second-order valence-electron chi connectivity index (χ2n) is 9.27. The lowest BCUT2D eigenvalue weighted by Crippen LogP contribution is -2.30. The fraction of sp³-hybridized carbons (Fsp3) is 0.226. The van der Waals surface area contributed by atoms with Crippen molar-refractivity contribution in [2.75, 3.05) is 6.61 Å². The molecule has 0 radical (unpaired) electrons. The molecule has 1 aromatic heterocycles. The van der Waals surface area contributed by atoms with E-state index < -0.39 is 18.2 Å². The van der Waals surface area contributed by atoms with Gasteiger partial charge in [0.25, 0.3) is 0 Å². The number of rotatable bonds is 12. The average Bonchev–Trinajstić information content (AvgIpc) is 3.39. The molecule has 0 bridgehead atoms. The summed E-state index contributed by atoms with van der Waals surface area (Å²) in [4.78, 5) is 16.0. The number of carbonyl (C=O) groups is 1. The predicted molar refractivity (Wildman–Crippen MR) is 151 cm³/mol. The van der Waals surface area contributed by atoms with Gasteiger partial charge in [0.15, 0.2) is 6.10 Å². The first kappa shape index (κ1) is 28.1. The van der Waals surface area contributed by atoms with Gasteiger partial charge in [-0.15, -0.1) is 0 Å². The van der Waals surface area contributed by atoms with Gasteiger partial charge in [-0.1, -0.05) is 83.4 Å². The van der Waals surface area contributed by atoms with Crippen molar-refractivity contribution in [3.8, 4) is 5.75 Å². The Hall–Kier alpha value is -3.91. The van der Waals surface area contributed by atoms with Crippen molar-refractivity contribution in [2.45, 2.75) is 39.2 Å². The first-order valence-corrected chi connectivity index (χ1v) is 12.9. The molecule has 8 heteroatoms. The van der Waals surface area contributed by atoms with E-state index in [1.54, 1.807) is 24.4 Å². The van der Waals surface area contributed by atoms with Crippen molar-refractivity contribution in [3.05, 3.63) is 124 Å². The van der Waals surface area contributed by atoms with Gasteiger partial charge in [0.05, 0.1) is 6.61 Å². The largest absolute Gasteiger partial charge is 0.490 e. The van der Waals surface area contributed by atoms with Crippen LogP contribution in [0.2, 0.25) is 5.02 Å². The highest BCUT2D eigenvalue weighted by Crippen LogP contribution is 2.23. The lowest BCUT2D eigenvalue weighted by Gasteiger charge is -2.15. The third-order valence-corrected chi connectivity index (χ3v) is 6.56. The van der Waals surface area contributed by atoms with Gasteiger partial charge >= 0.3 is 5.97 Å². The number of aryl methyl sites for hydroxylation is 2. The summed E-state index contributed by atoms with van der Waals surface area (Å²) < 4.78 is 13.1. The highest BCUT2D eigenvalue weighted by atomic mass is 35.5. The third-order valence-electron chi connectivity index (χ3n) is 6.21. The SMILES string of the molecule is Cc1ccc(OCC(OCc2ccc(/C=C/Cn3ccnc3C(O)c3ccc(C)cc3)cc2Cl)C(=O)O)cc1. The molecule has 39 heavy (non-hydrogen) atoms. The summed E-state index contributed by atoms with van der Waals surface area (Å²) in [6.45, 7) is 4.40. The van der Waals surface area contributed by atoms with Crippen LogP contribution in [-0.4, -0.2) is 38.4 Å². The van der Waals surface area contributed by atoms with E-state index in [2.05, 4.69) is 4.98 Å². The quantitative estimate of drug-likeness (QED) is 0.226. The standard InChI is InChI=1S/C31H31ClN2O5/c1-21-5-10-24(11-6-21)29(35)30-33-15-17-34(30)16-3-4-23-9-12-25(27(32)18-23)19-39-28(31(36)37)20-38-26-13-7-22(2)8-14-26/h3-15,17-18,28-29,35H,16,19-20H2,1-2H3,(H,36,37)/b4-3+. The molecule has 0 saturated carbocycles. The number of halogens is 1. The Balaban J connectivity index is 1.33. The van der Waals surface area contributed by atoms with Gasteiger partial charge in [-0.2, -0.15) is 0 Å². The summed E-state index contributed by atoms with van der Waals surface area (Å²) in [6, 6.07) is 20.6. The summed E-state index contributed by atoms with van der Waals surface area (Å²) in [6.07, 6.45) is 5.42. The third kappa shape index (κ3) is 7.80. The average molecular weight is 547 g/mol. The molecule has 0 spiro atoms. The molecule has 7 nitrogen and oxygen atoms in total. The van der Waals surface area contributed by atoms with Crippen LogP contribution < -0.4 is 4.74 Å². The molecule has 0 aliphatic rings. The molecular formula is C31H31ClN2O5. The Labute approximate surface area is 232 Å². The molecule has 1 heterocycles. The van der Waals surface area contributed by atoms with Gasteiger partial charge in [-0.05, 0) is 48.7 Å². The summed E-state index contributed by atoms with van der Waals surface area (Å²) in [5, 5.41) is 20.8. The lowest BCUT2D eigenvalue weighted by atomic mass is 10.1. The van der Waals surface area contributed by atoms with Gasteiger partial charge in [-0.3, -0.25) is 0 Å². The summed E-state index contributed by atoms with van der Waals surface area (Å²) in [5.74, 6) is 0.0367. The Morgan fingerprint density at radius 3 is 2.41 bits per heavy atom. The second-order valence-corrected chi connectivity index (χ2v) is 9.67. The number of nitrogens with zero attached hydrogens (tertiary/aromatic N) is 2. The Kier molecular flexibility index (Phi) is 9.54. The summed E-state index contributed by atoms with van der Waals surface area (Å²) >= 11 is 6.46.